The lowest BCUT2D eigenvalue weighted by Gasteiger charge is -2.35. The number of piperazine rings is 1. The molecule has 2 aromatic rings. The van der Waals surface area contributed by atoms with E-state index >= 15 is 0 Å². The van der Waals surface area contributed by atoms with E-state index in [1.54, 1.807) is 24.3 Å². The van der Waals surface area contributed by atoms with Crippen LogP contribution in [0.5, 0.6) is 0 Å². The molecule has 0 atom stereocenters. The van der Waals surface area contributed by atoms with Gasteiger partial charge in [0.15, 0.2) is 5.78 Å². The Labute approximate surface area is 162 Å². The van der Waals surface area contributed by atoms with Gasteiger partial charge in [-0.2, -0.15) is 0 Å². The number of carbonyl (C=O) groups is 1. The van der Waals surface area contributed by atoms with E-state index in [4.69, 9.17) is 34.8 Å². The number of carbonyl (C=O) groups excluding carboxylic acids is 1. The lowest BCUT2D eigenvalue weighted by Crippen LogP contribution is -2.44. The summed E-state index contributed by atoms with van der Waals surface area (Å²) >= 11 is 17.9. The smallest absolute Gasteiger partial charge is 0.187 e. The van der Waals surface area contributed by atoms with Crippen LogP contribution in [0.4, 0.5) is 5.69 Å². The van der Waals surface area contributed by atoms with Gasteiger partial charge in [0.05, 0.1) is 10.0 Å². The highest BCUT2D eigenvalue weighted by atomic mass is 35.5. The molecule has 3 rings (SSSR count). The first-order valence-electron chi connectivity index (χ1n) is 7.95. The average molecular weight is 396 g/mol. The Hall–Kier alpha value is -1.68. The van der Waals surface area contributed by atoms with Crippen LogP contribution in [0.1, 0.15) is 10.4 Å². The SMILES string of the molecule is O=C(/C=C/N1CCN(c2cccc(Cl)c2)CC1)c1ccc(Cl)c(Cl)c1. The summed E-state index contributed by atoms with van der Waals surface area (Å²) in [6.45, 7) is 3.45. The van der Waals surface area contributed by atoms with E-state index in [0.717, 1.165) is 36.9 Å². The summed E-state index contributed by atoms with van der Waals surface area (Å²) in [6.07, 6.45) is 3.43. The molecule has 1 fully saturated rings. The number of anilines is 1. The second-order valence-corrected chi connectivity index (χ2v) is 7.06. The average Bonchev–Trinajstić information content (AvgIpc) is 2.62. The Bertz CT molecular complexity index is 799. The Kier molecular flexibility index (Phi) is 5.89. The van der Waals surface area contributed by atoms with Gasteiger partial charge in [-0.05, 0) is 36.4 Å². The molecule has 25 heavy (non-hydrogen) atoms. The van der Waals surface area contributed by atoms with Gasteiger partial charge in [-0.15, -0.1) is 0 Å². The van der Waals surface area contributed by atoms with Crippen LogP contribution in [-0.2, 0) is 0 Å². The maximum atomic E-state index is 12.2. The summed E-state index contributed by atoms with van der Waals surface area (Å²) in [5, 5.41) is 1.57. The van der Waals surface area contributed by atoms with Crippen LogP contribution >= 0.6 is 34.8 Å². The number of benzene rings is 2. The maximum Gasteiger partial charge on any atom is 0.187 e. The molecule has 6 heteroatoms. The zero-order valence-electron chi connectivity index (χ0n) is 13.5. The number of halogens is 3. The van der Waals surface area contributed by atoms with E-state index in [1.807, 2.05) is 24.4 Å². The van der Waals surface area contributed by atoms with Crippen LogP contribution < -0.4 is 4.90 Å². The van der Waals surface area contributed by atoms with Crippen molar-refractivity contribution < 1.29 is 4.79 Å². The van der Waals surface area contributed by atoms with Crippen molar-refractivity contribution in [1.82, 2.24) is 4.90 Å². The molecule has 130 valence electrons. The highest BCUT2D eigenvalue weighted by Crippen LogP contribution is 2.23. The molecule has 0 aromatic heterocycles. The van der Waals surface area contributed by atoms with E-state index in [9.17, 15) is 4.79 Å². The second kappa shape index (κ2) is 8.13. The lowest BCUT2D eigenvalue weighted by atomic mass is 10.1. The zero-order valence-corrected chi connectivity index (χ0v) is 15.7. The molecule has 1 heterocycles. The van der Waals surface area contributed by atoms with Crippen LogP contribution in [0.15, 0.2) is 54.7 Å². The van der Waals surface area contributed by atoms with Crippen molar-refractivity contribution >= 4 is 46.3 Å². The number of ketones is 1. The molecule has 2 aromatic carbocycles. The fourth-order valence-corrected chi connectivity index (χ4v) is 3.20. The molecule has 1 saturated heterocycles. The Morgan fingerprint density at radius 1 is 0.920 bits per heavy atom. The molecule has 0 bridgehead atoms. The normalized spacial score (nSPS) is 15.0. The molecular weight excluding hydrogens is 379 g/mol. The molecule has 3 nitrogen and oxygen atoms in total. The zero-order chi connectivity index (χ0) is 17.8. The molecule has 0 N–H and O–H groups in total. The fraction of sp³-hybridized carbons (Fsp3) is 0.211. The van der Waals surface area contributed by atoms with E-state index in [0.29, 0.717) is 15.6 Å². The predicted molar refractivity (Wildman–Crippen MR) is 105 cm³/mol. The van der Waals surface area contributed by atoms with Crippen molar-refractivity contribution in [2.75, 3.05) is 31.1 Å². The fourth-order valence-electron chi connectivity index (χ4n) is 2.72. The van der Waals surface area contributed by atoms with Crippen molar-refractivity contribution in [3.8, 4) is 0 Å². The van der Waals surface area contributed by atoms with Crippen LogP contribution in [0.25, 0.3) is 0 Å². The summed E-state index contributed by atoms with van der Waals surface area (Å²) in [7, 11) is 0. The highest BCUT2D eigenvalue weighted by molar-refractivity contribution is 6.42. The molecule has 0 saturated carbocycles. The lowest BCUT2D eigenvalue weighted by molar-refractivity contribution is 0.104. The molecule has 0 aliphatic carbocycles. The maximum absolute atomic E-state index is 12.2. The van der Waals surface area contributed by atoms with Crippen molar-refractivity contribution in [3.63, 3.8) is 0 Å². The Morgan fingerprint density at radius 2 is 1.68 bits per heavy atom. The number of hydrogen-bond donors (Lipinski definition) is 0. The van der Waals surface area contributed by atoms with Gasteiger partial charge in [-0.25, -0.2) is 0 Å². The number of rotatable bonds is 4. The summed E-state index contributed by atoms with van der Waals surface area (Å²) in [4.78, 5) is 16.7. The molecule has 0 radical (unpaired) electrons. The van der Waals surface area contributed by atoms with E-state index in [1.165, 1.54) is 0 Å². The molecule has 0 unspecified atom stereocenters. The quantitative estimate of drug-likeness (QED) is 0.527. The first-order chi connectivity index (χ1) is 12.0. The summed E-state index contributed by atoms with van der Waals surface area (Å²) in [5.41, 5.74) is 1.66. The first kappa shape index (κ1) is 18.1. The van der Waals surface area contributed by atoms with Crippen molar-refractivity contribution in [1.29, 1.82) is 0 Å². The number of allylic oxidation sites excluding steroid dienone is 1. The van der Waals surface area contributed by atoms with Crippen molar-refractivity contribution in [3.05, 3.63) is 75.4 Å². The van der Waals surface area contributed by atoms with Gasteiger partial charge in [-0.1, -0.05) is 40.9 Å². The van der Waals surface area contributed by atoms with E-state index in [2.05, 4.69) is 15.9 Å². The van der Waals surface area contributed by atoms with Crippen LogP contribution in [0.2, 0.25) is 15.1 Å². The molecule has 1 aliphatic heterocycles. The molecular formula is C19H17Cl3N2O. The third-order valence-corrected chi connectivity index (χ3v) is 5.10. The molecule has 1 aliphatic rings. The van der Waals surface area contributed by atoms with Crippen LogP contribution in [0.3, 0.4) is 0 Å². The van der Waals surface area contributed by atoms with E-state index in [-0.39, 0.29) is 5.78 Å². The van der Waals surface area contributed by atoms with Crippen LogP contribution in [-0.4, -0.2) is 36.9 Å². The van der Waals surface area contributed by atoms with Gasteiger partial charge in [0.1, 0.15) is 0 Å². The molecule has 0 amide bonds. The van der Waals surface area contributed by atoms with Gasteiger partial charge in [0.2, 0.25) is 0 Å². The van der Waals surface area contributed by atoms with Gasteiger partial charge >= 0.3 is 0 Å². The summed E-state index contributed by atoms with van der Waals surface area (Å²) in [6, 6.07) is 12.8. The minimum atomic E-state index is -0.0872. The van der Waals surface area contributed by atoms with Gasteiger partial charge in [0, 0.05) is 54.7 Å². The third kappa shape index (κ3) is 4.69. The summed E-state index contributed by atoms with van der Waals surface area (Å²) in [5.74, 6) is -0.0872. The topological polar surface area (TPSA) is 23.6 Å². The minimum absolute atomic E-state index is 0.0872. The van der Waals surface area contributed by atoms with Crippen LogP contribution in [0, 0.1) is 0 Å². The summed E-state index contributed by atoms with van der Waals surface area (Å²) < 4.78 is 0. The Morgan fingerprint density at radius 3 is 2.36 bits per heavy atom. The Balaban J connectivity index is 1.57. The highest BCUT2D eigenvalue weighted by Gasteiger charge is 2.15. The standard InChI is InChI=1S/C19H17Cl3N2O/c20-15-2-1-3-16(13-15)24-10-8-23(9-11-24)7-6-19(25)14-4-5-17(21)18(22)12-14/h1-7,12-13H,8-11H2/b7-6+. The largest absolute Gasteiger partial charge is 0.374 e. The van der Waals surface area contributed by atoms with Gasteiger partial charge in [-0.3, -0.25) is 4.79 Å². The monoisotopic (exact) mass is 394 g/mol. The van der Waals surface area contributed by atoms with E-state index < -0.39 is 0 Å². The number of hydrogen-bond acceptors (Lipinski definition) is 3. The van der Waals surface area contributed by atoms with Crippen molar-refractivity contribution in [2.45, 2.75) is 0 Å². The van der Waals surface area contributed by atoms with Crippen molar-refractivity contribution in [2.24, 2.45) is 0 Å². The minimum Gasteiger partial charge on any atom is -0.374 e. The number of nitrogens with zero attached hydrogens (tertiary/aromatic N) is 2. The third-order valence-electron chi connectivity index (χ3n) is 4.13. The van der Waals surface area contributed by atoms with Gasteiger partial charge in [0.25, 0.3) is 0 Å². The molecule has 0 spiro atoms. The second-order valence-electron chi connectivity index (χ2n) is 5.81. The van der Waals surface area contributed by atoms with Gasteiger partial charge < -0.3 is 9.80 Å². The predicted octanol–water partition coefficient (Wildman–Crippen LogP) is 5.17. The first-order valence-corrected chi connectivity index (χ1v) is 9.08.